The number of hydrogen-bond donors (Lipinski definition) is 3. The molecule has 2 heterocycles. The maximum Gasteiger partial charge on any atom is 0.330 e. The van der Waals surface area contributed by atoms with Crippen LogP contribution in [0.15, 0.2) is 15.8 Å². The lowest BCUT2D eigenvalue weighted by Gasteiger charge is -2.17. The number of aliphatic hydroxyl groups excluding tert-OH is 2. The van der Waals surface area contributed by atoms with E-state index in [-0.39, 0.29) is 18.6 Å². The van der Waals surface area contributed by atoms with E-state index < -0.39 is 29.7 Å². The summed E-state index contributed by atoms with van der Waals surface area (Å²) in [5.41, 5.74) is -1.07. The lowest BCUT2D eigenvalue weighted by Crippen LogP contribution is -2.36. The molecule has 1 aromatic heterocycles. The van der Waals surface area contributed by atoms with E-state index in [1.165, 1.54) is 6.20 Å². The molecule has 1 aromatic rings. The van der Waals surface area contributed by atoms with E-state index in [2.05, 4.69) is 23.7 Å². The molecule has 1 aliphatic rings. The fourth-order valence-electron chi connectivity index (χ4n) is 2.48. The van der Waals surface area contributed by atoms with Crippen LogP contribution in [0.3, 0.4) is 0 Å². The van der Waals surface area contributed by atoms with Crippen molar-refractivity contribution in [1.82, 2.24) is 9.55 Å². The van der Waals surface area contributed by atoms with Gasteiger partial charge in [0.25, 0.3) is 5.56 Å². The van der Waals surface area contributed by atoms with Gasteiger partial charge in [-0.2, -0.15) is 0 Å². The monoisotopic (exact) mass is 322 g/mol. The van der Waals surface area contributed by atoms with Crippen molar-refractivity contribution in [1.29, 1.82) is 0 Å². The molecular formula is C16H22N2O5. The average molecular weight is 322 g/mol. The summed E-state index contributed by atoms with van der Waals surface area (Å²) in [6, 6.07) is 0. The van der Waals surface area contributed by atoms with E-state index in [9.17, 15) is 14.7 Å². The van der Waals surface area contributed by atoms with Crippen molar-refractivity contribution in [3.05, 3.63) is 32.6 Å². The summed E-state index contributed by atoms with van der Waals surface area (Å²) in [5.74, 6) is 5.68. The first kappa shape index (κ1) is 17.5. The van der Waals surface area contributed by atoms with Crippen LogP contribution in [0.5, 0.6) is 0 Å². The van der Waals surface area contributed by atoms with Gasteiger partial charge in [-0.15, -0.1) is 0 Å². The van der Waals surface area contributed by atoms with Gasteiger partial charge in [-0.25, -0.2) is 4.79 Å². The number of hydrogen-bond acceptors (Lipinski definition) is 5. The van der Waals surface area contributed by atoms with Gasteiger partial charge in [0, 0.05) is 19.0 Å². The van der Waals surface area contributed by atoms with Crippen molar-refractivity contribution in [3.63, 3.8) is 0 Å². The molecule has 0 saturated carbocycles. The van der Waals surface area contributed by atoms with Crippen molar-refractivity contribution in [2.24, 2.45) is 0 Å². The van der Waals surface area contributed by atoms with Crippen molar-refractivity contribution in [2.45, 2.75) is 57.5 Å². The summed E-state index contributed by atoms with van der Waals surface area (Å²) >= 11 is 0. The van der Waals surface area contributed by atoms with Gasteiger partial charge < -0.3 is 14.9 Å². The maximum atomic E-state index is 11.9. The molecule has 23 heavy (non-hydrogen) atoms. The zero-order chi connectivity index (χ0) is 16.8. The lowest BCUT2D eigenvalue weighted by atomic mass is 10.2. The van der Waals surface area contributed by atoms with Crippen molar-refractivity contribution in [3.8, 4) is 11.8 Å². The van der Waals surface area contributed by atoms with E-state index in [0.717, 1.165) is 23.8 Å². The molecular weight excluding hydrogens is 300 g/mol. The summed E-state index contributed by atoms with van der Waals surface area (Å²) < 4.78 is 6.56. The highest BCUT2D eigenvalue weighted by atomic mass is 16.5. The summed E-state index contributed by atoms with van der Waals surface area (Å²) in [6.45, 7) is 1.86. The molecule has 1 fully saturated rings. The number of ether oxygens (including phenoxy) is 1. The summed E-state index contributed by atoms with van der Waals surface area (Å²) in [7, 11) is 0. The fraction of sp³-hybridized carbons (Fsp3) is 0.625. The van der Waals surface area contributed by atoms with Gasteiger partial charge in [0.1, 0.15) is 11.7 Å². The number of aromatic amines is 1. The molecule has 1 aliphatic heterocycles. The van der Waals surface area contributed by atoms with Crippen LogP contribution >= 0.6 is 0 Å². The Hall–Kier alpha value is -1.88. The minimum Gasteiger partial charge on any atom is -0.394 e. The third-order valence-corrected chi connectivity index (χ3v) is 3.74. The Morgan fingerprint density at radius 3 is 2.87 bits per heavy atom. The standard InChI is InChI=1S/C16H22N2O5/c1-2-3-4-5-6-7-11-9-18(16(22)17-14(11)21)15-13(20)8-12(10-19)23-15/h9,12-13,15,19-20H,2-5,8,10H2,1H3,(H,17,21,22)/t12-,13?,15+/m0/s1. The second-order valence-electron chi connectivity index (χ2n) is 5.60. The van der Waals surface area contributed by atoms with Crippen LogP contribution < -0.4 is 11.2 Å². The van der Waals surface area contributed by atoms with E-state index in [4.69, 9.17) is 9.84 Å². The van der Waals surface area contributed by atoms with Gasteiger partial charge in [-0.1, -0.05) is 31.6 Å². The molecule has 0 aromatic carbocycles. The minimum atomic E-state index is -0.933. The van der Waals surface area contributed by atoms with Gasteiger partial charge in [-0.3, -0.25) is 14.3 Å². The Balaban J connectivity index is 2.23. The third kappa shape index (κ3) is 4.32. The van der Waals surface area contributed by atoms with Crippen LogP contribution in [0.25, 0.3) is 0 Å². The molecule has 7 heteroatoms. The normalized spacial score (nSPS) is 23.5. The van der Waals surface area contributed by atoms with Crippen molar-refractivity contribution in [2.75, 3.05) is 6.61 Å². The van der Waals surface area contributed by atoms with Crippen LogP contribution in [0.1, 0.15) is 50.8 Å². The SMILES string of the molecule is CCCCCC#Cc1cn([C@@H]2O[C@H](CO)CC2O)c(=O)[nH]c1=O. The first-order chi connectivity index (χ1) is 11.1. The zero-order valence-corrected chi connectivity index (χ0v) is 13.1. The average Bonchev–Trinajstić information content (AvgIpc) is 2.90. The Bertz CT molecular complexity index is 697. The number of nitrogens with one attached hydrogen (secondary N) is 1. The second-order valence-corrected chi connectivity index (χ2v) is 5.60. The molecule has 0 radical (unpaired) electrons. The molecule has 1 unspecified atom stereocenters. The predicted molar refractivity (Wildman–Crippen MR) is 84.0 cm³/mol. The van der Waals surface area contributed by atoms with Crippen LogP contribution in [-0.4, -0.2) is 38.6 Å². The highest BCUT2D eigenvalue weighted by Crippen LogP contribution is 2.27. The number of unbranched alkanes of at least 4 members (excludes halogenated alkanes) is 3. The topological polar surface area (TPSA) is 105 Å². The van der Waals surface area contributed by atoms with Crippen molar-refractivity contribution >= 4 is 0 Å². The van der Waals surface area contributed by atoms with Crippen LogP contribution in [0, 0.1) is 11.8 Å². The van der Waals surface area contributed by atoms with Crippen LogP contribution in [-0.2, 0) is 4.74 Å². The first-order valence-corrected chi connectivity index (χ1v) is 7.85. The Morgan fingerprint density at radius 2 is 2.22 bits per heavy atom. The molecule has 1 saturated heterocycles. The van der Waals surface area contributed by atoms with Crippen molar-refractivity contribution < 1.29 is 14.9 Å². The van der Waals surface area contributed by atoms with Crippen LogP contribution in [0.4, 0.5) is 0 Å². The van der Waals surface area contributed by atoms with Crippen LogP contribution in [0.2, 0.25) is 0 Å². The molecule has 0 amide bonds. The Kier molecular flexibility index (Phi) is 6.16. The largest absolute Gasteiger partial charge is 0.394 e. The highest BCUT2D eigenvalue weighted by molar-refractivity contribution is 5.29. The van der Waals surface area contributed by atoms with E-state index >= 15 is 0 Å². The zero-order valence-electron chi connectivity index (χ0n) is 13.1. The molecule has 0 aliphatic carbocycles. The van der Waals surface area contributed by atoms with Gasteiger partial charge in [0.05, 0.1) is 12.7 Å². The maximum absolute atomic E-state index is 11.9. The minimum absolute atomic E-state index is 0.157. The number of aromatic nitrogens is 2. The quantitative estimate of drug-likeness (QED) is 0.527. The number of nitrogens with zero attached hydrogens (tertiary/aromatic N) is 1. The Labute approximate surface area is 133 Å². The summed E-state index contributed by atoms with van der Waals surface area (Å²) in [4.78, 5) is 25.9. The smallest absolute Gasteiger partial charge is 0.330 e. The first-order valence-electron chi connectivity index (χ1n) is 7.85. The van der Waals surface area contributed by atoms with E-state index in [1.54, 1.807) is 0 Å². The number of aliphatic hydroxyl groups is 2. The lowest BCUT2D eigenvalue weighted by molar-refractivity contribution is -0.0531. The van der Waals surface area contributed by atoms with E-state index in [1.807, 2.05) is 0 Å². The van der Waals surface area contributed by atoms with Gasteiger partial charge in [0.15, 0.2) is 6.23 Å². The van der Waals surface area contributed by atoms with E-state index in [0.29, 0.717) is 6.42 Å². The highest BCUT2D eigenvalue weighted by Gasteiger charge is 2.35. The Morgan fingerprint density at radius 1 is 1.43 bits per heavy atom. The summed E-state index contributed by atoms with van der Waals surface area (Å²) in [6.07, 6.45) is 2.96. The van der Waals surface area contributed by atoms with Gasteiger partial charge in [-0.05, 0) is 6.42 Å². The number of H-pyrrole nitrogens is 1. The molecule has 3 atom stereocenters. The second kappa shape index (κ2) is 8.11. The fourth-order valence-corrected chi connectivity index (χ4v) is 2.48. The molecule has 126 valence electrons. The molecule has 0 bridgehead atoms. The molecule has 2 rings (SSSR count). The molecule has 0 spiro atoms. The third-order valence-electron chi connectivity index (χ3n) is 3.74. The predicted octanol–water partition coefficient (Wildman–Crippen LogP) is 0.109. The van der Waals surface area contributed by atoms with Gasteiger partial charge >= 0.3 is 5.69 Å². The van der Waals surface area contributed by atoms with Gasteiger partial charge in [0.2, 0.25) is 0 Å². The summed E-state index contributed by atoms with van der Waals surface area (Å²) in [5, 5.41) is 19.1. The molecule has 3 N–H and O–H groups in total. The molecule has 7 nitrogen and oxygen atoms in total. The number of rotatable bonds is 5.